The Hall–Kier alpha value is -1.71. The molecule has 2 rings (SSSR count). The molecule has 0 aromatic heterocycles. The Morgan fingerprint density at radius 1 is 1.19 bits per heavy atom. The van der Waals surface area contributed by atoms with Crippen molar-refractivity contribution in [2.75, 3.05) is 27.3 Å². The molecule has 0 atom stereocenters. The van der Waals surface area contributed by atoms with Crippen LogP contribution in [0.5, 0.6) is 11.5 Å². The van der Waals surface area contributed by atoms with Crippen LogP contribution in [0.15, 0.2) is 23.2 Å². The summed E-state index contributed by atoms with van der Waals surface area (Å²) in [6.45, 7) is 1.81. The van der Waals surface area contributed by atoms with Gasteiger partial charge in [-0.25, -0.2) is 0 Å². The van der Waals surface area contributed by atoms with E-state index < -0.39 is 0 Å². The zero-order valence-corrected chi connectivity index (χ0v) is 9.62. The zero-order valence-electron chi connectivity index (χ0n) is 9.62. The fraction of sp³-hybridized carbons (Fsp3) is 0.417. The zero-order chi connectivity index (χ0) is 11.4. The van der Waals surface area contributed by atoms with Crippen molar-refractivity contribution < 1.29 is 9.47 Å². The smallest absolute Gasteiger partial charge is 0.122 e. The molecule has 1 aliphatic rings. The number of hydrogen-bond acceptors (Lipinski definition) is 4. The van der Waals surface area contributed by atoms with Crippen molar-refractivity contribution in [3.63, 3.8) is 0 Å². The number of rotatable bonds is 4. The van der Waals surface area contributed by atoms with Gasteiger partial charge in [-0.2, -0.15) is 0 Å². The van der Waals surface area contributed by atoms with Crippen molar-refractivity contribution in [2.24, 2.45) is 4.99 Å². The van der Waals surface area contributed by atoms with Crippen molar-refractivity contribution in [3.05, 3.63) is 23.8 Å². The minimum atomic E-state index is 0.799. The van der Waals surface area contributed by atoms with Crippen LogP contribution < -0.4 is 14.8 Å². The molecule has 0 fully saturated rings. The molecule has 0 radical (unpaired) electrons. The minimum absolute atomic E-state index is 0.799. The highest BCUT2D eigenvalue weighted by Gasteiger charge is 2.08. The predicted octanol–water partition coefficient (Wildman–Crippen LogP) is 1.25. The molecule has 0 amide bonds. The quantitative estimate of drug-likeness (QED) is 0.830. The van der Waals surface area contributed by atoms with Gasteiger partial charge in [0.2, 0.25) is 0 Å². The van der Waals surface area contributed by atoms with Crippen LogP contribution in [0, 0.1) is 0 Å². The number of nitrogens with zero attached hydrogens (tertiary/aromatic N) is 1. The predicted molar refractivity (Wildman–Crippen MR) is 63.6 cm³/mol. The van der Waals surface area contributed by atoms with Gasteiger partial charge < -0.3 is 14.8 Å². The summed E-state index contributed by atoms with van der Waals surface area (Å²) in [6, 6.07) is 5.88. The Morgan fingerprint density at radius 3 is 2.38 bits per heavy atom. The molecule has 0 spiro atoms. The molecule has 4 nitrogen and oxygen atoms in total. The topological polar surface area (TPSA) is 42.8 Å². The molecule has 1 aliphatic heterocycles. The Labute approximate surface area is 95.3 Å². The molecule has 1 aromatic rings. The van der Waals surface area contributed by atoms with Gasteiger partial charge in [0.1, 0.15) is 17.3 Å². The standard InChI is InChI=1S/C12H16N2O2/c1-15-10-5-9(6-11(8-10)16-2)7-12-13-3-4-14-12/h5-6,8H,3-4,7H2,1-2H3,(H,13,14). The van der Waals surface area contributed by atoms with Crippen molar-refractivity contribution in [3.8, 4) is 11.5 Å². The van der Waals surface area contributed by atoms with Crippen LogP contribution in [0.4, 0.5) is 0 Å². The Morgan fingerprint density at radius 2 is 1.88 bits per heavy atom. The third kappa shape index (κ3) is 2.45. The summed E-state index contributed by atoms with van der Waals surface area (Å²) in [6.07, 6.45) is 0.799. The highest BCUT2D eigenvalue weighted by atomic mass is 16.5. The van der Waals surface area contributed by atoms with Crippen molar-refractivity contribution in [1.82, 2.24) is 5.32 Å². The van der Waals surface area contributed by atoms with Crippen LogP contribution in [-0.2, 0) is 6.42 Å². The first kappa shape index (κ1) is 10.8. The molecule has 86 valence electrons. The largest absolute Gasteiger partial charge is 0.497 e. The Balaban J connectivity index is 2.18. The molecule has 0 bridgehead atoms. The van der Waals surface area contributed by atoms with Crippen LogP contribution in [0.2, 0.25) is 0 Å². The second-order valence-corrected chi connectivity index (χ2v) is 3.65. The van der Waals surface area contributed by atoms with E-state index in [9.17, 15) is 0 Å². The summed E-state index contributed by atoms with van der Waals surface area (Å²) in [7, 11) is 3.31. The van der Waals surface area contributed by atoms with E-state index in [0.29, 0.717) is 0 Å². The number of nitrogens with one attached hydrogen (secondary N) is 1. The molecule has 0 saturated carbocycles. The lowest BCUT2D eigenvalue weighted by Gasteiger charge is -2.08. The summed E-state index contributed by atoms with van der Waals surface area (Å²) < 4.78 is 10.4. The molecule has 1 heterocycles. The van der Waals surface area contributed by atoms with E-state index in [1.165, 1.54) is 0 Å². The van der Waals surface area contributed by atoms with Crippen LogP contribution >= 0.6 is 0 Å². The number of hydrogen-bond donors (Lipinski definition) is 1. The normalized spacial score (nSPS) is 14.2. The first-order valence-corrected chi connectivity index (χ1v) is 5.31. The van der Waals surface area contributed by atoms with Crippen LogP contribution in [0.3, 0.4) is 0 Å². The van der Waals surface area contributed by atoms with Crippen molar-refractivity contribution in [1.29, 1.82) is 0 Å². The van der Waals surface area contributed by atoms with E-state index in [1.807, 2.05) is 18.2 Å². The third-order valence-electron chi connectivity index (χ3n) is 2.53. The van der Waals surface area contributed by atoms with Crippen molar-refractivity contribution >= 4 is 5.84 Å². The van der Waals surface area contributed by atoms with Gasteiger partial charge in [0.25, 0.3) is 0 Å². The number of ether oxygens (including phenoxy) is 2. The van der Waals surface area contributed by atoms with E-state index in [4.69, 9.17) is 9.47 Å². The van der Waals surface area contributed by atoms with Gasteiger partial charge >= 0.3 is 0 Å². The lowest BCUT2D eigenvalue weighted by Crippen LogP contribution is -2.20. The van der Waals surface area contributed by atoms with Gasteiger partial charge in [-0.1, -0.05) is 0 Å². The molecule has 0 unspecified atom stereocenters. The first-order chi connectivity index (χ1) is 7.81. The minimum Gasteiger partial charge on any atom is -0.497 e. The van der Waals surface area contributed by atoms with E-state index in [-0.39, 0.29) is 0 Å². The second kappa shape index (κ2) is 4.88. The van der Waals surface area contributed by atoms with Gasteiger partial charge in [0.15, 0.2) is 0 Å². The van der Waals surface area contributed by atoms with E-state index in [1.54, 1.807) is 14.2 Å². The fourth-order valence-corrected chi connectivity index (χ4v) is 1.73. The average molecular weight is 220 g/mol. The van der Waals surface area contributed by atoms with Gasteiger partial charge in [0, 0.05) is 19.0 Å². The molecular formula is C12H16N2O2. The summed E-state index contributed by atoms with van der Waals surface area (Å²) in [4.78, 5) is 4.37. The van der Waals surface area contributed by atoms with Gasteiger partial charge in [-0.3, -0.25) is 4.99 Å². The lowest BCUT2D eigenvalue weighted by molar-refractivity contribution is 0.393. The molecular weight excluding hydrogens is 204 g/mol. The van der Waals surface area contributed by atoms with Crippen molar-refractivity contribution in [2.45, 2.75) is 6.42 Å². The van der Waals surface area contributed by atoms with E-state index >= 15 is 0 Å². The van der Waals surface area contributed by atoms with Crippen LogP contribution in [-0.4, -0.2) is 33.1 Å². The molecule has 4 heteroatoms. The molecule has 1 aromatic carbocycles. The van der Waals surface area contributed by atoms with Crippen LogP contribution in [0.25, 0.3) is 0 Å². The third-order valence-corrected chi connectivity index (χ3v) is 2.53. The van der Waals surface area contributed by atoms with Gasteiger partial charge in [-0.15, -0.1) is 0 Å². The van der Waals surface area contributed by atoms with Gasteiger partial charge in [-0.05, 0) is 17.7 Å². The Bertz CT molecular complexity index is 380. The molecule has 0 aliphatic carbocycles. The van der Waals surface area contributed by atoms with E-state index in [0.717, 1.165) is 42.4 Å². The maximum absolute atomic E-state index is 5.22. The SMILES string of the molecule is COc1cc(CC2=NCCN2)cc(OC)c1. The number of aliphatic imine (C=N–C) groups is 1. The van der Waals surface area contributed by atoms with Crippen LogP contribution in [0.1, 0.15) is 5.56 Å². The summed E-state index contributed by atoms with van der Waals surface area (Å²) in [5.74, 6) is 2.66. The summed E-state index contributed by atoms with van der Waals surface area (Å²) in [5, 5.41) is 3.25. The molecule has 0 saturated heterocycles. The average Bonchev–Trinajstić information content (AvgIpc) is 2.81. The lowest BCUT2D eigenvalue weighted by atomic mass is 10.1. The number of amidine groups is 1. The maximum atomic E-state index is 5.22. The van der Waals surface area contributed by atoms with Gasteiger partial charge in [0.05, 0.1) is 20.8 Å². The highest BCUT2D eigenvalue weighted by molar-refractivity contribution is 5.85. The molecule has 1 N–H and O–H groups in total. The summed E-state index contributed by atoms with van der Waals surface area (Å²) >= 11 is 0. The maximum Gasteiger partial charge on any atom is 0.122 e. The molecule has 16 heavy (non-hydrogen) atoms. The highest BCUT2D eigenvalue weighted by Crippen LogP contribution is 2.22. The first-order valence-electron chi connectivity index (χ1n) is 5.31. The second-order valence-electron chi connectivity index (χ2n) is 3.65. The Kier molecular flexibility index (Phi) is 3.29. The fourth-order valence-electron chi connectivity index (χ4n) is 1.73. The van der Waals surface area contributed by atoms with E-state index in [2.05, 4.69) is 10.3 Å². The number of methoxy groups -OCH3 is 2. The summed E-state index contributed by atoms with van der Waals surface area (Å²) in [5.41, 5.74) is 1.14. The number of benzene rings is 1. The monoisotopic (exact) mass is 220 g/mol.